The second-order valence-corrected chi connectivity index (χ2v) is 13.4. The summed E-state index contributed by atoms with van der Waals surface area (Å²) in [6.07, 6.45) is 10.00. The van der Waals surface area contributed by atoms with E-state index >= 15 is 0 Å². The standard InChI is InChI=1S/C29H37N7O5.C4H6.C2H6/c1-16-20-11-10-19(15-22(20)36(35-16)27(38)41-29(5,6)7)31-25-33-21-12-13-39-23(21)24(34-25)30-17-8-9-18(14-17)32-26(37)40-28(2,3)4;1-2-4-3-1;1-2/h10-13,15,17-18H,8-9,14H2,1-7H3,(H,32,37)(H2,30,31,33,34);1-2H,3-4H2;1-2H3. The molecule has 47 heavy (non-hydrogen) atoms. The fourth-order valence-corrected chi connectivity index (χ4v) is 5.02. The van der Waals surface area contributed by atoms with E-state index in [0.29, 0.717) is 34.1 Å². The number of hydrogen-bond acceptors (Lipinski definition) is 10. The number of carbonyl (C=O) groups excluding carboxylic acids is 2. The number of fused-ring (bicyclic) bond motifs is 2. The van der Waals surface area contributed by atoms with E-state index in [0.717, 1.165) is 30.3 Å². The normalized spacial score (nSPS) is 17.1. The van der Waals surface area contributed by atoms with E-state index < -0.39 is 23.4 Å². The predicted molar refractivity (Wildman–Crippen MR) is 185 cm³/mol. The molecule has 3 heterocycles. The van der Waals surface area contributed by atoms with E-state index in [1.807, 2.05) is 80.5 Å². The molecule has 0 saturated heterocycles. The van der Waals surface area contributed by atoms with Gasteiger partial charge in [0.2, 0.25) is 5.95 Å². The van der Waals surface area contributed by atoms with Crippen LogP contribution >= 0.6 is 0 Å². The zero-order chi connectivity index (χ0) is 34.4. The Hall–Kier alpha value is -4.61. The van der Waals surface area contributed by atoms with Gasteiger partial charge in [0, 0.05) is 29.2 Å². The van der Waals surface area contributed by atoms with Gasteiger partial charge in [0.1, 0.15) is 16.7 Å². The van der Waals surface area contributed by atoms with Crippen molar-refractivity contribution in [1.29, 1.82) is 0 Å². The smallest absolute Gasteiger partial charge is 0.435 e. The number of ether oxygens (including phenoxy) is 2. The zero-order valence-corrected chi connectivity index (χ0v) is 29.1. The van der Waals surface area contributed by atoms with Crippen LogP contribution in [0.5, 0.6) is 0 Å². The lowest BCUT2D eigenvalue weighted by Gasteiger charge is -2.22. The molecule has 2 aliphatic rings. The van der Waals surface area contributed by atoms with Gasteiger partial charge in [0.05, 0.1) is 17.5 Å². The number of benzene rings is 1. The number of nitrogens with zero attached hydrogens (tertiary/aromatic N) is 4. The molecule has 0 aliphatic heterocycles. The highest BCUT2D eigenvalue weighted by atomic mass is 16.6. The number of alkyl carbamates (subject to hydrolysis) is 1. The SMILES string of the molecule is C1=CCC1.CC.Cc1nn(C(=O)OC(C)(C)C)c2cc(Nc3nc(NC4CCC(NC(=O)OC(C)(C)C)C4)c4occc4n3)ccc12. The lowest BCUT2D eigenvalue weighted by atomic mass is 10.1. The van der Waals surface area contributed by atoms with Crippen molar-refractivity contribution in [2.24, 2.45) is 0 Å². The molecule has 12 nitrogen and oxygen atoms in total. The van der Waals surface area contributed by atoms with E-state index in [4.69, 9.17) is 18.9 Å². The van der Waals surface area contributed by atoms with Crippen LogP contribution in [0.25, 0.3) is 22.0 Å². The van der Waals surface area contributed by atoms with Crippen molar-refractivity contribution in [2.75, 3.05) is 10.6 Å². The minimum absolute atomic E-state index is 0.00103. The number of furan rings is 1. The van der Waals surface area contributed by atoms with Gasteiger partial charge in [-0.15, -0.1) is 0 Å². The van der Waals surface area contributed by atoms with E-state index in [-0.39, 0.29) is 12.1 Å². The van der Waals surface area contributed by atoms with Crippen LogP contribution in [0.3, 0.4) is 0 Å². The highest BCUT2D eigenvalue weighted by molar-refractivity contribution is 5.92. The average molecular weight is 648 g/mol. The average Bonchev–Trinajstić information content (AvgIpc) is 3.66. The summed E-state index contributed by atoms with van der Waals surface area (Å²) >= 11 is 0. The first-order valence-electron chi connectivity index (χ1n) is 16.4. The molecular weight excluding hydrogens is 598 g/mol. The van der Waals surface area contributed by atoms with Crippen LogP contribution in [0.2, 0.25) is 0 Å². The molecular formula is C35H49N7O5. The third-order valence-electron chi connectivity index (χ3n) is 7.15. The van der Waals surface area contributed by atoms with Crippen LogP contribution in [-0.4, -0.2) is 55.2 Å². The fourth-order valence-electron chi connectivity index (χ4n) is 5.02. The van der Waals surface area contributed by atoms with Gasteiger partial charge < -0.3 is 29.8 Å². The Bertz CT molecular complexity index is 1700. The molecule has 0 radical (unpaired) electrons. The first kappa shape index (κ1) is 35.2. The summed E-state index contributed by atoms with van der Waals surface area (Å²) in [5, 5.41) is 14.9. The Morgan fingerprint density at radius 2 is 1.60 bits per heavy atom. The van der Waals surface area contributed by atoms with Crippen molar-refractivity contribution in [3.05, 3.63) is 48.4 Å². The molecule has 2 unspecified atom stereocenters. The molecule has 4 aromatic rings. The molecule has 12 heteroatoms. The summed E-state index contributed by atoms with van der Waals surface area (Å²) in [5.41, 5.74) is 2.00. The second-order valence-electron chi connectivity index (χ2n) is 13.4. The molecule has 254 valence electrons. The molecule has 6 rings (SSSR count). The lowest BCUT2D eigenvalue weighted by molar-refractivity contribution is 0.0499. The topological polar surface area (TPSA) is 145 Å². The molecule has 1 saturated carbocycles. The summed E-state index contributed by atoms with van der Waals surface area (Å²) in [4.78, 5) is 34.3. The largest absolute Gasteiger partial charge is 0.459 e. The highest BCUT2D eigenvalue weighted by Crippen LogP contribution is 2.30. The Balaban J connectivity index is 0.000000762. The van der Waals surface area contributed by atoms with Crippen molar-refractivity contribution in [1.82, 2.24) is 25.1 Å². The number of hydrogen-bond donors (Lipinski definition) is 3. The second kappa shape index (κ2) is 14.9. The Morgan fingerprint density at radius 1 is 0.936 bits per heavy atom. The van der Waals surface area contributed by atoms with Gasteiger partial charge in [0.25, 0.3) is 0 Å². The summed E-state index contributed by atoms with van der Waals surface area (Å²) in [5.74, 6) is 0.920. The van der Waals surface area contributed by atoms with Crippen molar-refractivity contribution in [2.45, 2.75) is 118 Å². The number of amides is 1. The van der Waals surface area contributed by atoms with Gasteiger partial charge in [-0.25, -0.2) is 14.6 Å². The Morgan fingerprint density at radius 3 is 2.23 bits per heavy atom. The molecule has 1 amide bonds. The van der Waals surface area contributed by atoms with Crippen LogP contribution < -0.4 is 16.0 Å². The summed E-state index contributed by atoms with van der Waals surface area (Å²) < 4.78 is 17.9. The van der Waals surface area contributed by atoms with E-state index in [1.54, 1.807) is 12.3 Å². The highest BCUT2D eigenvalue weighted by Gasteiger charge is 2.29. The van der Waals surface area contributed by atoms with Crippen molar-refractivity contribution in [3.63, 3.8) is 0 Å². The molecule has 2 aliphatic carbocycles. The summed E-state index contributed by atoms with van der Waals surface area (Å²) in [7, 11) is 0. The van der Waals surface area contributed by atoms with Crippen LogP contribution in [-0.2, 0) is 9.47 Å². The quantitative estimate of drug-likeness (QED) is 0.180. The van der Waals surface area contributed by atoms with E-state index in [2.05, 4.69) is 38.2 Å². The van der Waals surface area contributed by atoms with Crippen LogP contribution in [0.15, 0.2) is 47.1 Å². The molecule has 3 aromatic heterocycles. The van der Waals surface area contributed by atoms with Gasteiger partial charge in [-0.05, 0) is 98.8 Å². The van der Waals surface area contributed by atoms with Crippen molar-refractivity contribution in [3.8, 4) is 0 Å². The first-order chi connectivity index (χ1) is 22.2. The number of aryl methyl sites for hydroxylation is 1. The summed E-state index contributed by atoms with van der Waals surface area (Å²) in [6.45, 7) is 16.8. The summed E-state index contributed by atoms with van der Waals surface area (Å²) in [6, 6.07) is 7.45. The number of nitrogens with one attached hydrogen (secondary N) is 3. The van der Waals surface area contributed by atoms with Crippen LogP contribution in [0, 0.1) is 6.92 Å². The van der Waals surface area contributed by atoms with Gasteiger partial charge in [-0.3, -0.25) is 0 Å². The van der Waals surface area contributed by atoms with Crippen LogP contribution in [0.1, 0.15) is 93.2 Å². The third-order valence-corrected chi connectivity index (χ3v) is 7.15. The number of allylic oxidation sites excluding steroid dienone is 2. The Labute approximate surface area is 276 Å². The molecule has 2 atom stereocenters. The van der Waals surface area contributed by atoms with Gasteiger partial charge in [0.15, 0.2) is 11.4 Å². The number of aromatic nitrogens is 4. The van der Waals surface area contributed by atoms with Gasteiger partial charge >= 0.3 is 12.2 Å². The molecule has 0 spiro atoms. The van der Waals surface area contributed by atoms with Crippen molar-refractivity contribution >= 4 is 51.6 Å². The maximum atomic E-state index is 12.8. The van der Waals surface area contributed by atoms with Crippen LogP contribution in [0.4, 0.5) is 27.0 Å². The first-order valence-corrected chi connectivity index (χ1v) is 16.4. The Kier molecular flexibility index (Phi) is 11.2. The number of carbonyl (C=O) groups is 2. The van der Waals surface area contributed by atoms with Gasteiger partial charge in [-0.1, -0.05) is 26.0 Å². The predicted octanol–water partition coefficient (Wildman–Crippen LogP) is 8.63. The maximum absolute atomic E-state index is 12.8. The van der Waals surface area contributed by atoms with E-state index in [1.165, 1.54) is 17.5 Å². The minimum Gasteiger partial charge on any atom is -0.459 e. The zero-order valence-electron chi connectivity index (χ0n) is 29.1. The fraction of sp³-hybridized carbons (Fsp3) is 0.514. The lowest BCUT2D eigenvalue weighted by Crippen LogP contribution is -2.38. The van der Waals surface area contributed by atoms with E-state index in [9.17, 15) is 9.59 Å². The monoisotopic (exact) mass is 647 g/mol. The molecule has 1 fully saturated rings. The molecule has 0 bridgehead atoms. The van der Waals surface area contributed by atoms with Gasteiger partial charge in [-0.2, -0.15) is 14.8 Å². The van der Waals surface area contributed by atoms with Crippen molar-refractivity contribution < 1.29 is 23.5 Å². The molecule has 1 aromatic carbocycles. The maximum Gasteiger partial charge on any atom is 0.435 e. The minimum atomic E-state index is -0.651. The molecule has 3 N–H and O–H groups in total. The number of anilines is 3. The number of rotatable bonds is 5. The third kappa shape index (κ3) is 9.69.